The highest BCUT2D eigenvalue weighted by molar-refractivity contribution is 7.07. The van der Waals surface area contributed by atoms with Gasteiger partial charge >= 0.3 is 12.1 Å². The number of hydrogen-bond donors (Lipinski definition) is 3. The summed E-state index contributed by atoms with van der Waals surface area (Å²) in [4.78, 5) is 35.5. The lowest BCUT2D eigenvalue weighted by Gasteiger charge is -2.19. The Bertz CT molecular complexity index is 1330. The van der Waals surface area contributed by atoms with E-state index in [4.69, 9.17) is 15.1 Å². The van der Waals surface area contributed by atoms with Gasteiger partial charge in [0.1, 0.15) is 20.9 Å². The Morgan fingerprint density at radius 1 is 1.31 bits per heavy atom. The number of carbonyl (C=O) groups is 2. The van der Waals surface area contributed by atoms with Gasteiger partial charge in [-0.05, 0) is 45.9 Å². The average Bonchev–Trinajstić information content (AvgIpc) is 2.99. The summed E-state index contributed by atoms with van der Waals surface area (Å²) in [6.45, 7) is 7.31. The van der Waals surface area contributed by atoms with Crippen molar-refractivity contribution in [1.29, 1.82) is 5.26 Å². The van der Waals surface area contributed by atoms with Crippen molar-refractivity contribution >= 4 is 46.2 Å². The molecule has 0 saturated carbocycles. The number of amides is 1. The number of ether oxygens (including phenoxy) is 1. The third-order valence-corrected chi connectivity index (χ3v) is 4.72. The zero-order valence-corrected chi connectivity index (χ0v) is 18.8. The predicted molar refractivity (Wildman–Crippen MR) is 122 cm³/mol. The van der Waals surface area contributed by atoms with Crippen molar-refractivity contribution in [1.82, 2.24) is 4.57 Å². The Hall–Kier alpha value is -4.02. The number of carboxylic acids is 1. The fourth-order valence-electron chi connectivity index (χ4n) is 2.41. The molecule has 166 valence electrons. The van der Waals surface area contributed by atoms with E-state index in [1.54, 1.807) is 58.0 Å². The van der Waals surface area contributed by atoms with Crippen LogP contribution in [-0.4, -0.2) is 27.3 Å². The fraction of sp³-hybridized carbons (Fsp3) is 0.273. The number of aromatic nitrogens is 1. The van der Waals surface area contributed by atoms with E-state index in [0.717, 1.165) is 11.3 Å². The van der Waals surface area contributed by atoms with Crippen molar-refractivity contribution in [3.63, 3.8) is 0 Å². The monoisotopic (exact) mass is 454 g/mol. The van der Waals surface area contributed by atoms with Crippen LogP contribution in [0.3, 0.4) is 0 Å². The van der Waals surface area contributed by atoms with Crippen molar-refractivity contribution in [2.24, 2.45) is 0 Å². The smallest absolute Gasteiger partial charge is 0.412 e. The van der Waals surface area contributed by atoms with Crippen LogP contribution >= 0.6 is 11.3 Å². The molecule has 0 aliphatic carbocycles. The molecule has 1 amide bonds. The molecule has 0 aliphatic rings. The van der Waals surface area contributed by atoms with E-state index in [-0.39, 0.29) is 21.3 Å². The highest BCUT2D eigenvalue weighted by Crippen LogP contribution is 2.16. The second-order valence-corrected chi connectivity index (χ2v) is 8.34. The molecule has 0 aliphatic heterocycles. The van der Waals surface area contributed by atoms with Crippen LogP contribution in [0.5, 0.6) is 0 Å². The van der Waals surface area contributed by atoms with Gasteiger partial charge in [-0.3, -0.25) is 14.7 Å². The minimum absolute atomic E-state index is 0.215. The standard InChI is InChI=1S/C22H22N4O5S/c1-5-26-18(11-14(13-23)20(28)29)32-17(19(26)27)9-10-24-15-7-6-8-16(12-15)25-21(30)31-22(2,3)4/h6-8,10,12,24H,5H2,1-4H3,(H,25,30)(H,28,29). The summed E-state index contributed by atoms with van der Waals surface area (Å²) in [5.74, 6) is -1.42. The Morgan fingerprint density at radius 3 is 2.59 bits per heavy atom. The summed E-state index contributed by atoms with van der Waals surface area (Å²) in [5, 5.41) is 23.5. The molecule has 1 aromatic heterocycles. The first-order valence-electron chi connectivity index (χ1n) is 9.50. The zero-order valence-electron chi connectivity index (χ0n) is 18.0. The normalized spacial score (nSPS) is 10.2. The molecule has 1 aromatic carbocycles. The number of thiazole rings is 1. The Morgan fingerprint density at radius 2 is 2.00 bits per heavy atom. The van der Waals surface area contributed by atoms with Crippen molar-refractivity contribution < 1.29 is 19.4 Å². The van der Waals surface area contributed by atoms with Gasteiger partial charge < -0.3 is 15.2 Å². The lowest BCUT2D eigenvalue weighted by molar-refractivity contribution is -0.132. The van der Waals surface area contributed by atoms with Crippen LogP contribution in [0.4, 0.5) is 16.2 Å². The van der Waals surface area contributed by atoms with Gasteiger partial charge in [-0.25, -0.2) is 9.59 Å². The van der Waals surface area contributed by atoms with Gasteiger partial charge in [-0.1, -0.05) is 28.9 Å². The SMILES string of the molecule is CCn1c(=C=C(C#N)C(=O)O)sc(=C=CNc2cccc(NC(=O)OC(C)(C)C)c2)c1=O. The van der Waals surface area contributed by atoms with Gasteiger partial charge in [-0.2, -0.15) is 5.26 Å². The maximum atomic E-state index is 12.5. The van der Waals surface area contributed by atoms with Crippen molar-refractivity contribution in [3.05, 3.63) is 55.6 Å². The average molecular weight is 455 g/mol. The lowest BCUT2D eigenvalue weighted by atomic mass is 10.2. The van der Waals surface area contributed by atoms with E-state index < -0.39 is 23.2 Å². The fourth-order valence-corrected chi connectivity index (χ4v) is 3.39. The second-order valence-electron chi connectivity index (χ2n) is 7.34. The number of rotatable bonds is 5. The molecule has 0 unspecified atom stereocenters. The molecule has 2 aromatic rings. The topological polar surface area (TPSA) is 133 Å². The molecule has 0 atom stereocenters. The predicted octanol–water partition coefficient (Wildman–Crippen LogP) is 2.20. The van der Waals surface area contributed by atoms with Gasteiger partial charge in [0.05, 0.1) is 0 Å². The van der Waals surface area contributed by atoms with Gasteiger partial charge in [0, 0.05) is 24.1 Å². The molecule has 9 nitrogen and oxygen atoms in total. The van der Waals surface area contributed by atoms with Crippen molar-refractivity contribution in [2.45, 2.75) is 39.8 Å². The molecule has 0 radical (unpaired) electrons. The van der Waals surface area contributed by atoms with E-state index in [9.17, 15) is 14.4 Å². The van der Waals surface area contributed by atoms with Crippen LogP contribution in [0.15, 0.2) is 40.8 Å². The third-order valence-electron chi connectivity index (χ3n) is 3.71. The van der Waals surface area contributed by atoms with Gasteiger partial charge in [0.25, 0.3) is 5.56 Å². The molecular weight excluding hydrogens is 432 g/mol. The zero-order chi connectivity index (χ0) is 23.9. The number of aliphatic carboxylic acids is 1. The Balaban J connectivity index is 2.35. The van der Waals surface area contributed by atoms with Gasteiger partial charge in [0.15, 0.2) is 5.57 Å². The maximum Gasteiger partial charge on any atom is 0.412 e. The molecule has 2 rings (SSSR count). The summed E-state index contributed by atoms with van der Waals surface area (Å²) in [7, 11) is 0. The van der Waals surface area contributed by atoms with Crippen LogP contribution in [-0.2, 0) is 16.1 Å². The first-order chi connectivity index (χ1) is 15.0. The van der Waals surface area contributed by atoms with Crippen LogP contribution in [0.1, 0.15) is 27.7 Å². The Labute approximate surface area is 187 Å². The van der Waals surface area contributed by atoms with Crippen LogP contribution in [0.2, 0.25) is 0 Å². The third kappa shape index (κ3) is 6.76. The Kier molecular flexibility index (Phi) is 7.83. The summed E-state index contributed by atoms with van der Waals surface area (Å²) in [6, 6.07) is 8.40. The van der Waals surface area contributed by atoms with Crippen LogP contribution in [0, 0.1) is 11.3 Å². The van der Waals surface area contributed by atoms with Gasteiger partial charge in [0.2, 0.25) is 0 Å². The molecule has 3 N–H and O–H groups in total. The molecule has 1 heterocycles. The van der Waals surface area contributed by atoms with E-state index >= 15 is 0 Å². The van der Waals surface area contributed by atoms with Crippen LogP contribution in [0.25, 0.3) is 11.5 Å². The highest BCUT2D eigenvalue weighted by Gasteiger charge is 2.16. The summed E-state index contributed by atoms with van der Waals surface area (Å²) in [6.07, 6.45) is 0.848. The summed E-state index contributed by atoms with van der Waals surface area (Å²) >= 11 is 0.972. The van der Waals surface area contributed by atoms with Crippen molar-refractivity contribution in [3.8, 4) is 6.07 Å². The number of nitrogens with zero attached hydrogens (tertiary/aromatic N) is 2. The van der Waals surface area contributed by atoms with E-state index in [1.165, 1.54) is 10.8 Å². The molecule has 0 bridgehead atoms. The number of hydrogen-bond acceptors (Lipinski definition) is 7. The lowest BCUT2D eigenvalue weighted by Crippen LogP contribution is -2.30. The van der Waals surface area contributed by atoms with Crippen molar-refractivity contribution in [2.75, 3.05) is 10.6 Å². The number of carbonyl (C=O) groups excluding carboxylic acids is 1. The van der Waals surface area contributed by atoms with E-state index in [0.29, 0.717) is 11.4 Å². The summed E-state index contributed by atoms with van der Waals surface area (Å²) < 4.78 is 6.96. The molecule has 32 heavy (non-hydrogen) atoms. The molecular formula is C22H22N4O5S. The first kappa shape index (κ1) is 24.3. The largest absolute Gasteiger partial charge is 0.477 e. The minimum atomic E-state index is -1.42. The molecule has 10 heteroatoms. The molecule has 0 fully saturated rings. The second kappa shape index (κ2) is 10.3. The molecule has 0 spiro atoms. The quantitative estimate of drug-likeness (QED) is 0.466. The summed E-state index contributed by atoms with van der Waals surface area (Å²) in [5.41, 5.74) is 4.86. The van der Waals surface area contributed by atoms with E-state index in [1.807, 2.05) is 0 Å². The van der Waals surface area contributed by atoms with Gasteiger partial charge in [-0.15, -0.1) is 0 Å². The minimum Gasteiger partial charge on any atom is -0.477 e. The number of carboxylic acid groups (broad SMARTS) is 1. The maximum absolute atomic E-state index is 12.5. The number of anilines is 2. The number of nitriles is 1. The number of nitrogens with one attached hydrogen (secondary N) is 2. The van der Waals surface area contributed by atoms with Crippen LogP contribution < -0.4 is 25.4 Å². The number of benzene rings is 1. The van der Waals surface area contributed by atoms with E-state index in [2.05, 4.69) is 22.1 Å². The molecule has 0 saturated heterocycles. The highest BCUT2D eigenvalue weighted by atomic mass is 32.1. The first-order valence-corrected chi connectivity index (χ1v) is 10.3.